The topological polar surface area (TPSA) is 53.0 Å². The summed E-state index contributed by atoms with van der Waals surface area (Å²) in [4.78, 5) is 0. The van der Waals surface area contributed by atoms with E-state index in [1.807, 2.05) is 0 Å². The van der Waals surface area contributed by atoms with Gasteiger partial charge in [0.25, 0.3) is 0 Å². The van der Waals surface area contributed by atoms with E-state index >= 15 is 0 Å². The second-order valence-corrected chi connectivity index (χ2v) is 2.01. The van der Waals surface area contributed by atoms with Gasteiger partial charge in [-0.25, -0.2) is 0 Å². The zero-order chi connectivity index (χ0) is 7.99. The smallest absolute Gasteiger partial charge is 0.117 e. The fourth-order valence-electron chi connectivity index (χ4n) is 0.571. The second-order valence-electron chi connectivity index (χ2n) is 2.01. The first kappa shape index (κ1) is 3.82. The standard InChI is InChI=1S/C5H10O3/c1-5(3-7)4(2-6)8-5/h4,6-7H,2-3H2,1H3/t4-,5-/m1/s1/i3D2. The molecule has 1 saturated heterocycles. The van der Waals surface area contributed by atoms with Gasteiger partial charge < -0.3 is 14.9 Å². The van der Waals surface area contributed by atoms with Crippen LogP contribution < -0.4 is 0 Å². The van der Waals surface area contributed by atoms with Gasteiger partial charge in [0, 0.05) is 0 Å². The molecule has 0 spiro atoms. The average molecular weight is 120 g/mol. The number of hydrogen-bond acceptors (Lipinski definition) is 3. The SMILES string of the molecule is [2H]C([2H])(O)[C@@]1(C)O[C@@H]1CO. The maximum absolute atomic E-state index is 8.82. The van der Waals surface area contributed by atoms with Gasteiger partial charge >= 0.3 is 0 Å². The molecule has 0 aromatic heterocycles. The highest BCUT2D eigenvalue weighted by atomic mass is 16.6. The molecule has 0 aromatic rings. The summed E-state index contributed by atoms with van der Waals surface area (Å²) < 4.78 is 18.5. The summed E-state index contributed by atoms with van der Waals surface area (Å²) in [6.45, 7) is -1.19. The fourth-order valence-corrected chi connectivity index (χ4v) is 0.571. The molecule has 2 atom stereocenters. The van der Waals surface area contributed by atoms with Crippen LogP contribution in [-0.2, 0) is 4.74 Å². The lowest BCUT2D eigenvalue weighted by molar-refractivity contribution is 0.182. The highest BCUT2D eigenvalue weighted by Gasteiger charge is 2.51. The highest BCUT2D eigenvalue weighted by Crippen LogP contribution is 2.34. The molecule has 1 fully saturated rings. The zero-order valence-electron chi connectivity index (χ0n) is 6.59. The van der Waals surface area contributed by atoms with Gasteiger partial charge in [0.1, 0.15) is 11.7 Å². The molecule has 1 rings (SSSR count). The average Bonchev–Trinajstić information content (AvgIpc) is 2.41. The molecule has 0 radical (unpaired) electrons. The maximum atomic E-state index is 8.82. The van der Waals surface area contributed by atoms with Crippen molar-refractivity contribution in [3.63, 3.8) is 0 Å². The molecule has 8 heavy (non-hydrogen) atoms. The Morgan fingerprint density at radius 3 is 2.62 bits per heavy atom. The van der Waals surface area contributed by atoms with E-state index in [0.717, 1.165) is 0 Å². The minimum Gasteiger partial charge on any atom is -0.394 e. The summed E-state index contributed by atoms with van der Waals surface area (Å²) in [5.74, 6) is 0. The molecule has 3 heteroatoms. The van der Waals surface area contributed by atoms with Gasteiger partial charge in [-0.05, 0) is 6.92 Å². The van der Waals surface area contributed by atoms with Crippen molar-refractivity contribution in [1.29, 1.82) is 0 Å². The third kappa shape index (κ3) is 0.727. The van der Waals surface area contributed by atoms with Gasteiger partial charge in [0.2, 0.25) is 0 Å². The van der Waals surface area contributed by atoms with Crippen molar-refractivity contribution in [2.24, 2.45) is 0 Å². The van der Waals surface area contributed by atoms with Crippen LogP contribution in [0.3, 0.4) is 0 Å². The lowest BCUT2D eigenvalue weighted by Gasteiger charge is -1.95. The van der Waals surface area contributed by atoms with Crippen LogP contribution in [0.15, 0.2) is 0 Å². The molecular formula is C5H10O3. The molecule has 0 aliphatic carbocycles. The third-order valence-corrected chi connectivity index (χ3v) is 1.33. The van der Waals surface area contributed by atoms with E-state index in [1.165, 1.54) is 6.92 Å². The molecule has 48 valence electrons. The summed E-state index contributed by atoms with van der Waals surface area (Å²) in [6, 6.07) is 0. The van der Waals surface area contributed by atoms with Crippen LogP contribution in [0.5, 0.6) is 0 Å². The Morgan fingerprint density at radius 1 is 1.88 bits per heavy atom. The van der Waals surface area contributed by atoms with E-state index in [9.17, 15) is 0 Å². The van der Waals surface area contributed by atoms with E-state index in [2.05, 4.69) is 0 Å². The first-order valence-corrected chi connectivity index (χ1v) is 2.43. The largest absolute Gasteiger partial charge is 0.394 e. The first-order valence-electron chi connectivity index (χ1n) is 3.43. The predicted octanol–water partition coefficient (Wildman–Crippen LogP) is -0.872. The Bertz CT molecular complexity index is 144. The monoisotopic (exact) mass is 120 g/mol. The highest BCUT2D eigenvalue weighted by molar-refractivity contribution is 4.97. The number of aliphatic hydroxyl groups is 2. The van der Waals surface area contributed by atoms with Gasteiger partial charge in [0.15, 0.2) is 0 Å². The lowest BCUT2D eigenvalue weighted by atomic mass is 10.1. The van der Waals surface area contributed by atoms with Crippen molar-refractivity contribution in [1.82, 2.24) is 0 Å². The summed E-state index contributed by atoms with van der Waals surface area (Å²) in [5.41, 5.74) is -1.21. The molecule has 0 bridgehead atoms. The van der Waals surface area contributed by atoms with Crippen LogP contribution in [0.4, 0.5) is 0 Å². The fraction of sp³-hybridized carbons (Fsp3) is 1.00. The Labute approximate surface area is 50.7 Å². The molecule has 0 aromatic carbocycles. The minimum absolute atomic E-state index is 0.253. The predicted molar refractivity (Wildman–Crippen MR) is 27.4 cm³/mol. The van der Waals surface area contributed by atoms with Crippen LogP contribution in [-0.4, -0.2) is 35.1 Å². The van der Waals surface area contributed by atoms with Crippen molar-refractivity contribution in [2.75, 3.05) is 13.2 Å². The first-order chi connectivity index (χ1) is 4.42. The van der Waals surface area contributed by atoms with Crippen molar-refractivity contribution < 1.29 is 17.7 Å². The quantitative estimate of drug-likeness (QED) is 0.466. The zero-order valence-corrected chi connectivity index (χ0v) is 4.59. The van der Waals surface area contributed by atoms with Crippen LogP contribution in [0.2, 0.25) is 0 Å². The van der Waals surface area contributed by atoms with E-state index in [-0.39, 0.29) is 6.61 Å². The van der Waals surface area contributed by atoms with E-state index in [0.29, 0.717) is 0 Å². The van der Waals surface area contributed by atoms with E-state index in [1.54, 1.807) is 0 Å². The van der Waals surface area contributed by atoms with Gasteiger partial charge in [-0.3, -0.25) is 0 Å². The van der Waals surface area contributed by atoms with Crippen molar-refractivity contribution in [2.45, 2.75) is 18.6 Å². The van der Waals surface area contributed by atoms with Crippen LogP contribution in [0.1, 0.15) is 9.67 Å². The normalized spacial score (nSPS) is 50.1. The molecule has 0 amide bonds. The van der Waals surface area contributed by atoms with Gasteiger partial charge in [-0.1, -0.05) is 0 Å². The third-order valence-electron chi connectivity index (χ3n) is 1.33. The summed E-state index contributed by atoms with van der Waals surface area (Å²) in [5, 5.41) is 17.3. The Balaban J connectivity index is 2.59. The van der Waals surface area contributed by atoms with Crippen molar-refractivity contribution >= 4 is 0 Å². The molecule has 0 saturated carbocycles. The number of hydrogen-bond donors (Lipinski definition) is 2. The van der Waals surface area contributed by atoms with Gasteiger partial charge in [-0.15, -0.1) is 0 Å². The Kier molecular flexibility index (Phi) is 0.805. The number of aliphatic hydroxyl groups excluding tert-OH is 1. The number of rotatable bonds is 2. The van der Waals surface area contributed by atoms with Crippen LogP contribution in [0.25, 0.3) is 0 Å². The van der Waals surface area contributed by atoms with Crippen LogP contribution >= 0.6 is 0 Å². The maximum Gasteiger partial charge on any atom is 0.117 e. The Morgan fingerprint density at radius 2 is 2.50 bits per heavy atom. The lowest BCUT2D eigenvalue weighted by Crippen LogP contribution is -2.16. The second kappa shape index (κ2) is 1.69. The number of ether oxygens (including phenoxy) is 1. The summed E-state index contributed by atoms with van der Waals surface area (Å²) in [7, 11) is 0. The van der Waals surface area contributed by atoms with E-state index < -0.39 is 18.3 Å². The summed E-state index contributed by atoms with van der Waals surface area (Å²) in [6.07, 6.45) is -0.563. The molecule has 0 unspecified atom stereocenters. The molecule has 1 aliphatic rings. The van der Waals surface area contributed by atoms with Gasteiger partial charge in [0.05, 0.1) is 15.9 Å². The summed E-state index contributed by atoms with van der Waals surface area (Å²) >= 11 is 0. The molecular weight excluding hydrogens is 108 g/mol. The van der Waals surface area contributed by atoms with Crippen LogP contribution in [0, 0.1) is 0 Å². The van der Waals surface area contributed by atoms with E-state index in [4.69, 9.17) is 17.7 Å². The van der Waals surface area contributed by atoms with Crippen molar-refractivity contribution in [3.05, 3.63) is 0 Å². The Hall–Kier alpha value is -0.120. The molecule has 3 nitrogen and oxygen atoms in total. The molecule has 1 aliphatic heterocycles. The molecule has 1 heterocycles. The van der Waals surface area contributed by atoms with Gasteiger partial charge in [-0.2, -0.15) is 0 Å². The minimum atomic E-state index is -2.36. The number of epoxide rings is 1. The van der Waals surface area contributed by atoms with Crippen molar-refractivity contribution in [3.8, 4) is 0 Å². The molecule has 2 N–H and O–H groups in total.